The largest absolute Gasteiger partial charge is 0.449 e. The zero-order valence-corrected chi connectivity index (χ0v) is 16.4. The first-order valence-electron chi connectivity index (χ1n) is 9.85. The lowest BCUT2D eigenvalue weighted by Crippen LogP contribution is -2.39. The number of fused-ring (bicyclic) bond motifs is 1. The standard InChI is InChI=1S/C22H27N3O3/c1-22(2)27-19-11-10-17(14-20(19)28-22)23-21(26)24-18(15-25-12-6-7-13-25)16-8-4-3-5-9-16/h3-5,8-11,14,18H,6-7,12-13,15H2,1-2H3,(H2,23,24,26). The van der Waals surface area contributed by atoms with E-state index in [2.05, 4.69) is 27.7 Å². The van der Waals surface area contributed by atoms with Crippen molar-refractivity contribution < 1.29 is 14.3 Å². The summed E-state index contributed by atoms with van der Waals surface area (Å²) < 4.78 is 11.4. The minimum atomic E-state index is -0.683. The maximum absolute atomic E-state index is 12.7. The molecule has 4 rings (SSSR count). The van der Waals surface area contributed by atoms with E-state index < -0.39 is 5.79 Å². The molecule has 1 unspecified atom stereocenters. The second-order valence-corrected chi connectivity index (χ2v) is 7.83. The Morgan fingerprint density at radius 1 is 1.07 bits per heavy atom. The molecule has 0 spiro atoms. The van der Waals surface area contributed by atoms with Crippen LogP contribution in [0.25, 0.3) is 0 Å². The number of hydrogen-bond donors (Lipinski definition) is 2. The number of nitrogens with one attached hydrogen (secondary N) is 2. The number of hydrogen-bond acceptors (Lipinski definition) is 4. The monoisotopic (exact) mass is 381 g/mol. The molecule has 2 N–H and O–H groups in total. The van der Waals surface area contributed by atoms with E-state index >= 15 is 0 Å². The van der Waals surface area contributed by atoms with Crippen molar-refractivity contribution in [2.75, 3.05) is 25.0 Å². The SMILES string of the molecule is CC1(C)Oc2ccc(NC(=O)NC(CN3CCCC3)c3ccccc3)cc2O1. The Morgan fingerprint density at radius 3 is 2.54 bits per heavy atom. The number of benzene rings is 2. The lowest BCUT2D eigenvalue weighted by atomic mass is 10.1. The number of rotatable bonds is 5. The molecular formula is C22H27N3O3. The molecule has 2 aromatic carbocycles. The van der Waals surface area contributed by atoms with Crippen LogP contribution in [0.5, 0.6) is 11.5 Å². The van der Waals surface area contributed by atoms with Crippen molar-refractivity contribution in [1.29, 1.82) is 0 Å². The summed E-state index contributed by atoms with van der Waals surface area (Å²) in [5, 5.41) is 6.05. The van der Waals surface area contributed by atoms with Crippen LogP contribution in [0.15, 0.2) is 48.5 Å². The quantitative estimate of drug-likeness (QED) is 0.817. The molecule has 0 aliphatic carbocycles. The van der Waals surface area contributed by atoms with Gasteiger partial charge in [0.1, 0.15) is 0 Å². The van der Waals surface area contributed by atoms with Gasteiger partial charge in [0.05, 0.1) is 6.04 Å². The van der Waals surface area contributed by atoms with Crippen molar-refractivity contribution in [2.24, 2.45) is 0 Å². The summed E-state index contributed by atoms with van der Waals surface area (Å²) in [5.74, 6) is 0.642. The highest BCUT2D eigenvalue weighted by atomic mass is 16.7. The first-order valence-corrected chi connectivity index (χ1v) is 9.85. The Morgan fingerprint density at radius 2 is 1.79 bits per heavy atom. The van der Waals surface area contributed by atoms with Crippen molar-refractivity contribution in [3.05, 3.63) is 54.1 Å². The van der Waals surface area contributed by atoms with Crippen LogP contribution >= 0.6 is 0 Å². The summed E-state index contributed by atoms with van der Waals surface area (Å²) in [7, 11) is 0. The number of urea groups is 1. The summed E-state index contributed by atoms with van der Waals surface area (Å²) in [6.07, 6.45) is 2.45. The first kappa shape index (κ1) is 18.6. The number of amides is 2. The molecule has 148 valence electrons. The average molecular weight is 381 g/mol. The molecule has 0 saturated carbocycles. The Kier molecular flexibility index (Phi) is 5.13. The van der Waals surface area contributed by atoms with E-state index in [0.717, 1.165) is 25.2 Å². The molecule has 2 heterocycles. The van der Waals surface area contributed by atoms with Gasteiger partial charge in [0, 0.05) is 32.1 Å². The van der Waals surface area contributed by atoms with Gasteiger partial charge in [-0.1, -0.05) is 30.3 Å². The predicted molar refractivity (Wildman–Crippen MR) is 109 cm³/mol. The number of anilines is 1. The summed E-state index contributed by atoms with van der Waals surface area (Å²) >= 11 is 0. The number of ether oxygens (including phenoxy) is 2. The third-order valence-electron chi connectivity index (χ3n) is 5.06. The predicted octanol–water partition coefficient (Wildman–Crippen LogP) is 4.15. The van der Waals surface area contributed by atoms with Gasteiger partial charge in [-0.25, -0.2) is 4.79 Å². The maximum atomic E-state index is 12.7. The van der Waals surface area contributed by atoms with Crippen molar-refractivity contribution in [3.63, 3.8) is 0 Å². The second kappa shape index (κ2) is 7.72. The Balaban J connectivity index is 1.43. The maximum Gasteiger partial charge on any atom is 0.319 e. The molecule has 2 aromatic rings. The lowest BCUT2D eigenvalue weighted by Gasteiger charge is -2.25. The van der Waals surface area contributed by atoms with Crippen LogP contribution in [0.1, 0.15) is 38.3 Å². The molecule has 2 aliphatic rings. The average Bonchev–Trinajstić information content (AvgIpc) is 3.27. The van der Waals surface area contributed by atoms with Crippen LogP contribution in [0.4, 0.5) is 10.5 Å². The second-order valence-electron chi connectivity index (χ2n) is 7.83. The van der Waals surface area contributed by atoms with Gasteiger partial charge in [0.25, 0.3) is 0 Å². The molecule has 1 fully saturated rings. The van der Waals surface area contributed by atoms with Gasteiger partial charge in [0.15, 0.2) is 11.5 Å². The molecule has 2 aliphatic heterocycles. The third-order valence-corrected chi connectivity index (χ3v) is 5.06. The molecular weight excluding hydrogens is 354 g/mol. The van der Waals surface area contributed by atoms with Crippen LogP contribution in [0.2, 0.25) is 0 Å². The van der Waals surface area contributed by atoms with E-state index in [1.807, 2.05) is 44.2 Å². The Hall–Kier alpha value is -2.73. The van der Waals surface area contributed by atoms with Gasteiger partial charge in [-0.3, -0.25) is 0 Å². The van der Waals surface area contributed by atoms with Gasteiger partial charge in [0.2, 0.25) is 5.79 Å². The van der Waals surface area contributed by atoms with Crippen molar-refractivity contribution >= 4 is 11.7 Å². The molecule has 1 atom stereocenters. The molecule has 6 heteroatoms. The van der Waals surface area contributed by atoms with E-state index in [-0.39, 0.29) is 12.1 Å². The van der Waals surface area contributed by atoms with E-state index in [1.54, 1.807) is 6.07 Å². The van der Waals surface area contributed by atoms with Gasteiger partial charge in [-0.15, -0.1) is 0 Å². The summed E-state index contributed by atoms with van der Waals surface area (Å²) in [4.78, 5) is 15.1. The number of carbonyl (C=O) groups excluding carboxylic acids is 1. The summed E-state index contributed by atoms with van der Waals surface area (Å²) in [6.45, 7) is 6.70. The lowest BCUT2D eigenvalue weighted by molar-refractivity contribution is -0.0431. The number of carbonyl (C=O) groups is 1. The molecule has 6 nitrogen and oxygen atoms in total. The molecule has 0 aromatic heterocycles. The van der Waals surface area contributed by atoms with Crippen LogP contribution in [0, 0.1) is 0 Å². The molecule has 1 saturated heterocycles. The zero-order valence-electron chi connectivity index (χ0n) is 16.4. The topological polar surface area (TPSA) is 62.8 Å². The Bertz CT molecular complexity index is 832. The van der Waals surface area contributed by atoms with Crippen molar-refractivity contribution in [2.45, 2.75) is 38.5 Å². The first-order chi connectivity index (χ1) is 13.5. The molecule has 0 bridgehead atoms. The van der Waals surface area contributed by atoms with Crippen LogP contribution in [-0.2, 0) is 0 Å². The minimum Gasteiger partial charge on any atom is -0.449 e. The smallest absolute Gasteiger partial charge is 0.319 e. The highest BCUT2D eigenvalue weighted by Gasteiger charge is 2.31. The summed E-state index contributed by atoms with van der Waals surface area (Å²) in [6, 6.07) is 15.3. The van der Waals surface area contributed by atoms with Crippen LogP contribution in [0.3, 0.4) is 0 Å². The van der Waals surface area contributed by atoms with E-state index in [9.17, 15) is 4.79 Å². The molecule has 0 radical (unpaired) electrons. The third kappa shape index (κ3) is 4.39. The highest BCUT2D eigenvalue weighted by Crippen LogP contribution is 2.40. The fourth-order valence-corrected chi connectivity index (χ4v) is 3.77. The van der Waals surface area contributed by atoms with E-state index in [0.29, 0.717) is 17.2 Å². The Labute approximate surface area is 165 Å². The van der Waals surface area contributed by atoms with Crippen LogP contribution < -0.4 is 20.1 Å². The van der Waals surface area contributed by atoms with Gasteiger partial charge in [-0.2, -0.15) is 0 Å². The van der Waals surface area contributed by atoms with Gasteiger partial charge >= 0.3 is 6.03 Å². The summed E-state index contributed by atoms with van der Waals surface area (Å²) in [5.41, 5.74) is 1.78. The van der Waals surface area contributed by atoms with Gasteiger partial charge < -0.3 is 25.0 Å². The minimum absolute atomic E-state index is 0.0627. The van der Waals surface area contributed by atoms with Crippen molar-refractivity contribution in [1.82, 2.24) is 10.2 Å². The van der Waals surface area contributed by atoms with E-state index in [4.69, 9.17) is 9.47 Å². The fourth-order valence-electron chi connectivity index (χ4n) is 3.77. The normalized spacial score (nSPS) is 18.6. The fraction of sp³-hybridized carbons (Fsp3) is 0.409. The number of likely N-dealkylation sites (tertiary alicyclic amines) is 1. The van der Waals surface area contributed by atoms with Crippen molar-refractivity contribution in [3.8, 4) is 11.5 Å². The highest BCUT2D eigenvalue weighted by molar-refractivity contribution is 5.90. The zero-order chi connectivity index (χ0) is 19.6. The molecule has 2 amide bonds. The van der Waals surface area contributed by atoms with Gasteiger partial charge in [-0.05, 0) is 43.6 Å². The number of nitrogens with zero attached hydrogens (tertiary/aromatic N) is 1. The molecule has 28 heavy (non-hydrogen) atoms. The van der Waals surface area contributed by atoms with Crippen LogP contribution in [-0.4, -0.2) is 36.4 Å². The van der Waals surface area contributed by atoms with E-state index in [1.165, 1.54) is 12.8 Å².